The SMILES string of the molecule is O=[SH](=O)C1=NCCS1. The van der Waals surface area contributed by atoms with E-state index in [9.17, 15) is 8.42 Å². The summed E-state index contributed by atoms with van der Waals surface area (Å²) in [6, 6.07) is 0. The van der Waals surface area contributed by atoms with Crippen LogP contribution in [0.4, 0.5) is 0 Å². The summed E-state index contributed by atoms with van der Waals surface area (Å²) in [6.45, 7) is 0.656. The molecule has 1 aliphatic heterocycles. The molecule has 0 bridgehead atoms. The minimum atomic E-state index is -2.39. The number of rotatable bonds is 0. The molecule has 0 aromatic rings. The second-order valence-electron chi connectivity index (χ2n) is 1.27. The predicted octanol–water partition coefficient (Wildman–Crippen LogP) is -0.299. The molecule has 46 valence electrons. The second kappa shape index (κ2) is 2.50. The summed E-state index contributed by atoms with van der Waals surface area (Å²) in [5.41, 5.74) is 0. The van der Waals surface area contributed by atoms with E-state index in [4.69, 9.17) is 0 Å². The van der Waals surface area contributed by atoms with E-state index in [-0.39, 0.29) is 0 Å². The molecule has 1 aliphatic rings. The molecule has 0 N–H and O–H groups in total. The number of thiol groups is 1. The summed E-state index contributed by atoms with van der Waals surface area (Å²) < 4.78 is 20.5. The summed E-state index contributed by atoms with van der Waals surface area (Å²) in [5.74, 6) is 0.818. The zero-order valence-electron chi connectivity index (χ0n) is 4.03. The average molecular weight is 151 g/mol. The highest BCUT2D eigenvalue weighted by Gasteiger charge is 2.07. The average Bonchev–Trinajstić information content (AvgIpc) is 2.12. The van der Waals surface area contributed by atoms with Gasteiger partial charge in [-0.15, -0.1) is 0 Å². The lowest BCUT2D eigenvalue weighted by Crippen LogP contribution is -1.87. The molecule has 0 aromatic carbocycles. The highest BCUT2D eigenvalue weighted by molar-refractivity contribution is 8.30. The molecular formula is C3H5NO2S2. The molecule has 0 unspecified atom stereocenters. The molecule has 0 aromatic heterocycles. The van der Waals surface area contributed by atoms with E-state index in [2.05, 4.69) is 4.99 Å². The third kappa shape index (κ3) is 1.23. The van der Waals surface area contributed by atoms with E-state index in [0.29, 0.717) is 10.9 Å². The van der Waals surface area contributed by atoms with E-state index in [1.54, 1.807) is 0 Å². The first-order valence-electron chi connectivity index (χ1n) is 2.12. The minimum Gasteiger partial charge on any atom is -0.267 e. The lowest BCUT2D eigenvalue weighted by Gasteiger charge is -1.78. The Bertz CT molecular complexity index is 176. The Kier molecular flexibility index (Phi) is 1.90. The Morgan fingerprint density at radius 3 is 2.62 bits per heavy atom. The molecule has 0 saturated carbocycles. The van der Waals surface area contributed by atoms with Crippen molar-refractivity contribution in [2.75, 3.05) is 12.3 Å². The predicted molar refractivity (Wildman–Crippen MR) is 35.1 cm³/mol. The van der Waals surface area contributed by atoms with Gasteiger partial charge in [0, 0.05) is 5.75 Å². The van der Waals surface area contributed by atoms with Crippen LogP contribution in [0, 0.1) is 0 Å². The molecule has 5 heteroatoms. The zero-order valence-corrected chi connectivity index (χ0v) is 5.74. The van der Waals surface area contributed by atoms with Gasteiger partial charge in [-0.05, 0) is 0 Å². The van der Waals surface area contributed by atoms with Crippen molar-refractivity contribution in [1.29, 1.82) is 0 Å². The number of aliphatic imine (C=N–C) groups is 1. The molecule has 8 heavy (non-hydrogen) atoms. The van der Waals surface area contributed by atoms with Gasteiger partial charge in [0.2, 0.25) is 0 Å². The lowest BCUT2D eigenvalue weighted by molar-refractivity contribution is 0.624. The highest BCUT2D eigenvalue weighted by atomic mass is 32.2. The summed E-state index contributed by atoms with van der Waals surface area (Å²) >= 11 is 1.30. The van der Waals surface area contributed by atoms with E-state index in [0.717, 1.165) is 5.75 Å². The van der Waals surface area contributed by atoms with Crippen molar-refractivity contribution < 1.29 is 8.42 Å². The summed E-state index contributed by atoms with van der Waals surface area (Å²) in [6.07, 6.45) is 0. The maximum Gasteiger partial charge on any atom is 0.191 e. The van der Waals surface area contributed by atoms with Crippen molar-refractivity contribution in [2.45, 2.75) is 0 Å². The van der Waals surface area contributed by atoms with Crippen molar-refractivity contribution in [1.82, 2.24) is 0 Å². The fourth-order valence-electron chi connectivity index (χ4n) is 0.434. The Labute approximate surface area is 53.1 Å². The van der Waals surface area contributed by atoms with E-state index in [1.807, 2.05) is 0 Å². The smallest absolute Gasteiger partial charge is 0.191 e. The maximum atomic E-state index is 10.1. The van der Waals surface area contributed by atoms with Crippen LogP contribution in [-0.4, -0.2) is 25.1 Å². The van der Waals surface area contributed by atoms with Crippen molar-refractivity contribution in [3.8, 4) is 0 Å². The molecule has 0 fully saturated rings. The van der Waals surface area contributed by atoms with Crippen LogP contribution in [0.5, 0.6) is 0 Å². The van der Waals surface area contributed by atoms with Crippen LogP contribution in [0.15, 0.2) is 4.99 Å². The van der Waals surface area contributed by atoms with E-state index in [1.165, 1.54) is 11.8 Å². The first kappa shape index (κ1) is 6.10. The highest BCUT2D eigenvalue weighted by Crippen LogP contribution is 2.10. The number of hydrogen-bond acceptors (Lipinski definition) is 4. The Morgan fingerprint density at radius 2 is 2.38 bits per heavy atom. The van der Waals surface area contributed by atoms with E-state index >= 15 is 0 Å². The fourth-order valence-corrected chi connectivity index (χ4v) is 1.89. The fraction of sp³-hybridized carbons (Fsp3) is 0.667. The second-order valence-corrected chi connectivity index (χ2v) is 3.59. The third-order valence-corrected chi connectivity index (χ3v) is 2.79. The first-order valence-corrected chi connectivity index (χ1v) is 4.28. The van der Waals surface area contributed by atoms with Gasteiger partial charge in [0.1, 0.15) is 0 Å². The van der Waals surface area contributed by atoms with Crippen LogP contribution in [-0.2, 0) is 10.7 Å². The Morgan fingerprint density at radius 1 is 1.62 bits per heavy atom. The first-order chi connectivity index (χ1) is 3.80. The molecule has 0 radical (unpaired) electrons. The summed E-state index contributed by atoms with van der Waals surface area (Å²) in [5, 5.41) is 0. The lowest BCUT2D eigenvalue weighted by atomic mass is 10.8. The summed E-state index contributed by atoms with van der Waals surface area (Å²) in [4.78, 5) is 3.72. The largest absolute Gasteiger partial charge is 0.267 e. The standard InChI is InChI=1S/C3H5NO2S2/c5-8(6)3-4-1-2-7-3/h8H,1-2H2. The van der Waals surface area contributed by atoms with Crippen molar-refractivity contribution >= 4 is 26.8 Å². The van der Waals surface area contributed by atoms with Crippen LogP contribution in [0.25, 0.3) is 0 Å². The van der Waals surface area contributed by atoms with Crippen molar-refractivity contribution in [2.24, 2.45) is 4.99 Å². The van der Waals surface area contributed by atoms with Crippen molar-refractivity contribution in [3.63, 3.8) is 0 Å². The van der Waals surface area contributed by atoms with Gasteiger partial charge in [-0.25, -0.2) is 8.42 Å². The Hall–Kier alpha value is -0.0300. The molecule has 0 amide bonds. The van der Waals surface area contributed by atoms with Gasteiger partial charge in [-0.3, -0.25) is 4.99 Å². The normalized spacial score (nSPS) is 19.4. The molecule has 0 spiro atoms. The zero-order chi connectivity index (χ0) is 5.98. The van der Waals surface area contributed by atoms with E-state index < -0.39 is 10.7 Å². The van der Waals surface area contributed by atoms with Crippen LogP contribution >= 0.6 is 11.8 Å². The van der Waals surface area contributed by atoms with Gasteiger partial charge in [-0.2, -0.15) is 0 Å². The van der Waals surface area contributed by atoms with Gasteiger partial charge in [0.05, 0.1) is 6.54 Å². The van der Waals surface area contributed by atoms with Crippen LogP contribution < -0.4 is 0 Å². The van der Waals surface area contributed by atoms with Gasteiger partial charge >= 0.3 is 0 Å². The topological polar surface area (TPSA) is 46.5 Å². The van der Waals surface area contributed by atoms with Gasteiger partial charge in [0.25, 0.3) is 0 Å². The number of nitrogens with zero attached hydrogens (tertiary/aromatic N) is 1. The molecule has 1 heterocycles. The summed E-state index contributed by atoms with van der Waals surface area (Å²) in [7, 11) is -2.39. The molecule has 3 nitrogen and oxygen atoms in total. The minimum absolute atomic E-state index is 0.292. The van der Waals surface area contributed by atoms with Crippen LogP contribution in [0.1, 0.15) is 0 Å². The molecule has 0 atom stereocenters. The quantitative estimate of drug-likeness (QED) is 0.483. The maximum absolute atomic E-state index is 10.1. The van der Waals surface area contributed by atoms with Crippen LogP contribution in [0.3, 0.4) is 0 Å². The van der Waals surface area contributed by atoms with Crippen LogP contribution in [0.2, 0.25) is 0 Å². The monoisotopic (exact) mass is 151 g/mol. The third-order valence-electron chi connectivity index (χ3n) is 0.726. The molecule has 0 saturated heterocycles. The molecule has 0 aliphatic carbocycles. The van der Waals surface area contributed by atoms with Gasteiger partial charge in [0.15, 0.2) is 15.1 Å². The van der Waals surface area contributed by atoms with Gasteiger partial charge < -0.3 is 0 Å². The van der Waals surface area contributed by atoms with Gasteiger partial charge in [-0.1, -0.05) is 11.8 Å². The Balaban J connectivity index is 2.72. The number of thioether (sulfide) groups is 1. The molecule has 1 rings (SSSR count). The number of hydrogen-bond donors (Lipinski definition) is 1. The van der Waals surface area contributed by atoms with Crippen molar-refractivity contribution in [3.05, 3.63) is 0 Å². The molecular weight excluding hydrogens is 146 g/mol.